The number of carbonyl (C=O) groups is 9. The normalized spacial score (nSPS) is 24.2. The second-order valence-electron chi connectivity index (χ2n) is 24.6. The van der Waals surface area contributed by atoms with Gasteiger partial charge in [-0.25, -0.2) is 29.7 Å². The topological polar surface area (TPSA) is 656 Å². The molecule has 1 saturated carbocycles. The molecule has 2 saturated heterocycles. The van der Waals surface area contributed by atoms with Crippen molar-refractivity contribution in [2.24, 2.45) is 28.9 Å². The number of hydrogen-bond donors (Lipinski definition) is 21. The summed E-state index contributed by atoms with van der Waals surface area (Å²) >= 11 is 2.48. The van der Waals surface area contributed by atoms with Crippen LogP contribution in [0.5, 0.6) is 0 Å². The summed E-state index contributed by atoms with van der Waals surface area (Å²) in [6.07, 6.45) is -20.5. The Bertz CT molecular complexity index is 3520. The first kappa shape index (κ1) is 81.5. The number of nitrogens with zero attached hydrogens (tertiary/aromatic N) is 5. The van der Waals surface area contributed by atoms with E-state index in [1.807, 2.05) is 6.26 Å². The van der Waals surface area contributed by atoms with Crippen LogP contribution in [0.2, 0.25) is 0 Å². The van der Waals surface area contributed by atoms with Gasteiger partial charge in [0.1, 0.15) is 100 Å². The van der Waals surface area contributed by atoms with Crippen LogP contribution in [-0.2, 0) is 69.8 Å². The zero-order chi connectivity index (χ0) is 75.0. The zero-order valence-electron chi connectivity index (χ0n) is 56.0. The number of H-pyrrole nitrogens is 1. The monoisotopic (exact) mass is 1500 g/mol. The molecule has 6 heterocycles. The molecule has 40 nitrogen and oxygen atoms in total. The van der Waals surface area contributed by atoms with Crippen LogP contribution in [0, 0.1) is 12.8 Å². The number of thiazole rings is 2. The molecule has 0 bridgehead atoms. The number of hydrogen-bond acceptors (Lipinski definition) is 32. The van der Waals surface area contributed by atoms with Crippen LogP contribution < -0.4 is 65.9 Å². The van der Waals surface area contributed by atoms with E-state index in [0.29, 0.717) is 40.5 Å². The number of nitrogen functional groups attached to an aromatic ring is 1. The molecule has 4 aromatic rings. The number of carbonyl (C=O) groups excluding carboxylic acids is 9. The van der Waals surface area contributed by atoms with Gasteiger partial charge in [0.15, 0.2) is 24.4 Å². The van der Waals surface area contributed by atoms with Crippen LogP contribution >= 0.6 is 22.7 Å². The lowest BCUT2D eigenvalue weighted by Crippen LogP contribution is -2.65. The van der Waals surface area contributed by atoms with Gasteiger partial charge in [0.2, 0.25) is 29.5 Å². The molecular formula is C59H89N18O22S3+. The maximum atomic E-state index is 15.2. The number of rotatable bonds is 38. The van der Waals surface area contributed by atoms with Crippen molar-refractivity contribution >= 4 is 92.7 Å². The maximum Gasteiger partial charge on any atom is 0.404 e. The van der Waals surface area contributed by atoms with E-state index in [4.69, 9.17) is 52.4 Å². The van der Waals surface area contributed by atoms with Crippen molar-refractivity contribution in [2.75, 3.05) is 56.3 Å². The van der Waals surface area contributed by atoms with E-state index in [2.05, 4.69) is 67.1 Å². The summed E-state index contributed by atoms with van der Waals surface area (Å²) in [6.45, 7) is 3.01. The maximum absolute atomic E-state index is 15.2. The molecule has 7 rings (SSSR count). The minimum atomic E-state index is -2.20. The Kier molecular flexibility index (Phi) is 30.0. The fraction of sp³-hybridized carbons (Fsp3) is 0.627. The predicted molar refractivity (Wildman–Crippen MR) is 359 cm³/mol. The third-order valence-corrected chi connectivity index (χ3v) is 20.1. The van der Waals surface area contributed by atoms with Crippen LogP contribution in [0.15, 0.2) is 23.3 Å². The highest BCUT2D eigenvalue weighted by Gasteiger charge is 2.54. The Hall–Kier alpha value is -7.83. The van der Waals surface area contributed by atoms with Crippen LogP contribution in [-0.4, -0.2) is 279 Å². The number of ether oxygens (including phenoxy) is 5. The molecule has 20 atom stereocenters. The van der Waals surface area contributed by atoms with Crippen molar-refractivity contribution in [3.05, 3.63) is 56.8 Å². The molecule has 102 heavy (non-hydrogen) atoms. The molecule has 0 radical (unpaired) electrons. The molecule has 1 aliphatic carbocycles. The molecule has 0 aromatic carbocycles. The number of primary amides is 3. The number of imidazole rings is 1. The average Bonchev–Trinajstić information content (AvgIpc) is 1.30. The second-order valence-corrected chi connectivity index (χ2v) is 28.7. The molecule has 564 valence electrons. The number of anilines is 1. The number of aliphatic hydroxyl groups excluding tert-OH is 8. The minimum Gasteiger partial charge on any atom is -0.441 e. The van der Waals surface area contributed by atoms with Crippen molar-refractivity contribution in [2.45, 2.75) is 176 Å². The fourth-order valence-corrected chi connectivity index (χ4v) is 13.5. The van der Waals surface area contributed by atoms with E-state index in [1.54, 1.807) is 10.8 Å². The smallest absolute Gasteiger partial charge is 0.404 e. The van der Waals surface area contributed by atoms with Crippen molar-refractivity contribution in [3.63, 3.8) is 0 Å². The minimum absolute atomic E-state index is 0.0254. The number of aliphatic hydroxyl groups is 8. The Morgan fingerprint density at radius 1 is 0.794 bits per heavy atom. The highest BCUT2D eigenvalue weighted by molar-refractivity contribution is 7.96. The van der Waals surface area contributed by atoms with E-state index in [1.165, 1.54) is 50.4 Å². The molecule has 4 aromatic heterocycles. The Balaban J connectivity index is 1.08. The van der Waals surface area contributed by atoms with E-state index in [-0.39, 0.29) is 70.8 Å². The van der Waals surface area contributed by atoms with Crippen LogP contribution in [0.25, 0.3) is 10.7 Å². The van der Waals surface area contributed by atoms with E-state index in [0.717, 1.165) is 31.1 Å². The highest BCUT2D eigenvalue weighted by Crippen LogP contribution is 2.35. The van der Waals surface area contributed by atoms with Gasteiger partial charge in [0, 0.05) is 61.3 Å². The number of nitrogens with one attached hydrogen (secondary N) is 8. The quantitative estimate of drug-likeness (QED) is 0.0146. The van der Waals surface area contributed by atoms with Gasteiger partial charge in [-0.2, -0.15) is 0 Å². The van der Waals surface area contributed by atoms with Gasteiger partial charge < -0.3 is 135 Å². The molecule has 2 aliphatic heterocycles. The van der Waals surface area contributed by atoms with Crippen LogP contribution in [0.4, 0.5) is 10.6 Å². The third kappa shape index (κ3) is 22.1. The van der Waals surface area contributed by atoms with Gasteiger partial charge in [-0.3, -0.25) is 38.4 Å². The third-order valence-electron chi connectivity index (χ3n) is 16.5. The van der Waals surface area contributed by atoms with Gasteiger partial charge in [-0.15, -0.1) is 22.7 Å². The number of aromatic nitrogens is 6. The molecular weight excluding hydrogens is 1410 g/mol. The number of aromatic amines is 1. The standard InChI is InChI=1S/C59H88N18O22S3/c1-22-37(74-50(77-48(22)62)28(13-34(61)81)68-14-27(60)49(63)88)54(92)76-39(45(29-15-65-21-69-29)97-58-47(43(86)41(84)32(16-78)96-58)98-57-44(87)46(99-59(64)94)42(85)33(17-79)95-57)55(93)70-24(3)40(83)23(2)51(89)75-38(25(4)80)53(91)67-11-9-36-72-31(19-100-36)56-73-30(18-101-56)52(90)66-10-6-12-102(5)20-35(82)71-26-7-8-26/h15,18-19,21,23-28,32-33,38-47,57-58,68,78-80,83-87H,6-14,16-17,20,60H2,1-5H3,(H14-,61,62,63,64,65,66,67,69,70,71,74,75,76,77,81,82,88,89,90,91,92,93,94)/p+1/t23?,24?,25?,27?,28?,32-,33+,38?,39?,40?,41+,42+,43+,44-,45?,46+,47-,57+,58-,102?/m0/s1. The molecule has 26 N–H and O–H groups in total. The zero-order valence-corrected chi connectivity index (χ0v) is 58.4. The number of amides is 9. The van der Waals surface area contributed by atoms with Crippen LogP contribution in [0.3, 0.4) is 0 Å². The molecule has 10 unspecified atom stereocenters. The fourth-order valence-electron chi connectivity index (χ4n) is 10.5. The van der Waals surface area contributed by atoms with E-state index >= 15 is 4.79 Å². The SMILES string of the molecule is Cc1c(N)nc(C(CC(N)=O)NCC(N)C(N)=O)nc1C(=O)NC(C(=O)NC(C)C(O)C(C)C(=O)NC(C(=O)NCCc1nc(-c2nc(C(=O)NCCC[S+](C)CC(=O)NC3CC3)cs2)cs1)C(C)O)C(O[C@@H]1O[C@@H](CO)[C@@H](O)[C@@H](O)[C@@H]1O[C@H]1O[C@H](CO)[C@@H](O)[C@@H](OC(N)=O)[C@@H]1O)c1cnc[nH]1. The van der Waals surface area contributed by atoms with Crippen molar-refractivity contribution in [3.8, 4) is 10.7 Å². The molecule has 3 fully saturated rings. The Morgan fingerprint density at radius 2 is 1.49 bits per heavy atom. The summed E-state index contributed by atoms with van der Waals surface area (Å²) < 4.78 is 28.8. The van der Waals surface area contributed by atoms with Gasteiger partial charge in [-0.1, -0.05) is 6.92 Å². The first-order valence-corrected chi connectivity index (χ1v) is 35.9. The summed E-state index contributed by atoms with van der Waals surface area (Å²) in [7, 11) is -0.131. The lowest BCUT2D eigenvalue weighted by atomic mass is 9.96. The lowest BCUT2D eigenvalue weighted by Gasteiger charge is -2.47. The number of nitrogens with two attached hydrogens (primary N) is 5. The van der Waals surface area contributed by atoms with Gasteiger partial charge in [-0.05, 0) is 44.5 Å². The first-order chi connectivity index (χ1) is 48.3. The van der Waals surface area contributed by atoms with E-state index in [9.17, 15) is 79.2 Å². The Morgan fingerprint density at radius 3 is 2.13 bits per heavy atom. The van der Waals surface area contributed by atoms with Crippen LogP contribution in [0.1, 0.15) is 102 Å². The summed E-state index contributed by atoms with van der Waals surface area (Å²) in [5.74, 6) is -7.52. The second kappa shape index (κ2) is 37.6. The lowest BCUT2D eigenvalue weighted by molar-refractivity contribution is -0.372. The molecule has 43 heteroatoms. The summed E-state index contributed by atoms with van der Waals surface area (Å²) in [5, 5.41) is 111. The summed E-state index contributed by atoms with van der Waals surface area (Å²) in [5.41, 5.74) is 28.0. The summed E-state index contributed by atoms with van der Waals surface area (Å²) in [6, 6.07) is -7.59. The van der Waals surface area contributed by atoms with Crippen molar-refractivity contribution < 1.29 is 108 Å². The van der Waals surface area contributed by atoms with Gasteiger partial charge >= 0.3 is 6.09 Å². The summed E-state index contributed by atoms with van der Waals surface area (Å²) in [4.78, 5) is 143. The molecule has 0 spiro atoms. The molecule has 9 amide bonds. The average molecular weight is 1500 g/mol. The first-order valence-electron chi connectivity index (χ1n) is 32.1. The Labute approximate surface area is 593 Å². The van der Waals surface area contributed by atoms with Crippen molar-refractivity contribution in [1.29, 1.82) is 0 Å². The van der Waals surface area contributed by atoms with Gasteiger partial charge in [0.05, 0.1) is 78.9 Å². The predicted octanol–water partition coefficient (Wildman–Crippen LogP) is -8.05. The van der Waals surface area contributed by atoms with Crippen molar-refractivity contribution in [1.82, 2.24) is 67.1 Å². The van der Waals surface area contributed by atoms with E-state index < -0.39 is 183 Å². The van der Waals surface area contributed by atoms with Gasteiger partial charge in [0.25, 0.3) is 17.7 Å². The highest BCUT2D eigenvalue weighted by atomic mass is 32.2. The largest absolute Gasteiger partial charge is 0.441 e. The molecule has 3 aliphatic rings.